The third-order valence-corrected chi connectivity index (χ3v) is 3.64. The normalized spacial score (nSPS) is 31.5. The van der Waals surface area contributed by atoms with Crippen LogP contribution in [-0.4, -0.2) is 25.8 Å². The second kappa shape index (κ2) is 4.19. The van der Waals surface area contributed by atoms with Gasteiger partial charge in [0, 0.05) is 11.5 Å². The molecule has 0 radical (unpaired) electrons. The van der Waals surface area contributed by atoms with Gasteiger partial charge in [0.05, 0.1) is 13.2 Å². The lowest BCUT2D eigenvalue weighted by Gasteiger charge is -2.50. The molecule has 2 aliphatic rings. The van der Waals surface area contributed by atoms with Crippen LogP contribution in [0.3, 0.4) is 0 Å². The zero-order valence-electron chi connectivity index (χ0n) is 9.51. The summed E-state index contributed by atoms with van der Waals surface area (Å²) in [6.45, 7) is 7.84. The minimum atomic E-state index is 0.481. The highest BCUT2D eigenvalue weighted by Crippen LogP contribution is 2.40. The van der Waals surface area contributed by atoms with Crippen LogP contribution < -0.4 is 5.32 Å². The number of nitrogens with one attached hydrogen (secondary N) is 1. The first-order valence-electron chi connectivity index (χ1n) is 6.04. The van der Waals surface area contributed by atoms with E-state index in [-0.39, 0.29) is 0 Å². The summed E-state index contributed by atoms with van der Waals surface area (Å²) >= 11 is 0. The third-order valence-electron chi connectivity index (χ3n) is 3.64. The Morgan fingerprint density at radius 3 is 2.57 bits per heavy atom. The molecular formula is C12H23NO. The topological polar surface area (TPSA) is 21.3 Å². The lowest BCUT2D eigenvalue weighted by Crippen LogP contribution is -2.58. The zero-order valence-corrected chi connectivity index (χ0v) is 9.51. The van der Waals surface area contributed by atoms with Crippen molar-refractivity contribution in [2.45, 2.75) is 45.6 Å². The molecule has 0 aromatic heterocycles. The molecule has 82 valence electrons. The van der Waals surface area contributed by atoms with E-state index < -0.39 is 0 Å². The van der Waals surface area contributed by atoms with Gasteiger partial charge in [-0.05, 0) is 31.7 Å². The maximum absolute atomic E-state index is 5.45. The van der Waals surface area contributed by atoms with Gasteiger partial charge in [0.15, 0.2) is 0 Å². The summed E-state index contributed by atoms with van der Waals surface area (Å²) in [5.41, 5.74) is 0.481. The van der Waals surface area contributed by atoms with Crippen molar-refractivity contribution < 1.29 is 4.74 Å². The van der Waals surface area contributed by atoms with E-state index >= 15 is 0 Å². The van der Waals surface area contributed by atoms with Gasteiger partial charge in [-0.15, -0.1) is 0 Å². The highest BCUT2D eigenvalue weighted by molar-refractivity contribution is 4.97. The molecule has 0 aromatic rings. The van der Waals surface area contributed by atoms with Crippen LogP contribution in [0.15, 0.2) is 0 Å². The van der Waals surface area contributed by atoms with Crippen molar-refractivity contribution in [1.82, 2.24) is 5.32 Å². The van der Waals surface area contributed by atoms with E-state index in [9.17, 15) is 0 Å². The molecular weight excluding hydrogens is 174 g/mol. The molecule has 0 aromatic carbocycles. The largest absolute Gasteiger partial charge is 0.380 e. The van der Waals surface area contributed by atoms with Crippen LogP contribution in [0.5, 0.6) is 0 Å². The highest BCUT2D eigenvalue weighted by atomic mass is 16.5. The average Bonchev–Trinajstić information content (AvgIpc) is 2.12. The van der Waals surface area contributed by atoms with E-state index in [4.69, 9.17) is 4.74 Å². The van der Waals surface area contributed by atoms with Crippen LogP contribution in [0, 0.1) is 11.3 Å². The molecule has 2 aliphatic heterocycles. The number of rotatable bonds is 3. The Labute approximate surface area is 87.4 Å². The molecule has 0 aliphatic carbocycles. The maximum Gasteiger partial charge on any atom is 0.0559 e. The van der Waals surface area contributed by atoms with Crippen LogP contribution in [0.2, 0.25) is 0 Å². The van der Waals surface area contributed by atoms with E-state index in [0.717, 1.165) is 25.2 Å². The van der Waals surface area contributed by atoms with Gasteiger partial charge >= 0.3 is 0 Å². The molecule has 2 fully saturated rings. The van der Waals surface area contributed by atoms with E-state index in [2.05, 4.69) is 19.2 Å². The van der Waals surface area contributed by atoms with Crippen LogP contribution in [0.1, 0.15) is 39.5 Å². The molecule has 2 rings (SSSR count). The number of hydrogen-bond acceptors (Lipinski definition) is 2. The van der Waals surface area contributed by atoms with Crippen LogP contribution in [-0.2, 0) is 4.74 Å². The molecule has 1 unspecified atom stereocenters. The molecule has 2 heterocycles. The predicted molar refractivity (Wildman–Crippen MR) is 58.3 cm³/mol. The van der Waals surface area contributed by atoms with E-state index in [1.165, 1.54) is 32.2 Å². The molecule has 0 saturated carbocycles. The SMILES string of the molecule is CC(C)CC1(C2CCCCN2)COC1. The van der Waals surface area contributed by atoms with Crippen molar-refractivity contribution in [2.75, 3.05) is 19.8 Å². The summed E-state index contributed by atoms with van der Waals surface area (Å²) < 4.78 is 5.45. The number of hydrogen-bond donors (Lipinski definition) is 1. The first kappa shape index (κ1) is 10.4. The minimum absolute atomic E-state index is 0.481. The summed E-state index contributed by atoms with van der Waals surface area (Å²) in [5.74, 6) is 0.794. The van der Waals surface area contributed by atoms with Gasteiger partial charge in [-0.1, -0.05) is 20.3 Å². The molecule has 0 bridgehead atoms. The van der Waals surface area contributed by atoms with Gasteiger partial charge < -0.3 is 10.1 Å². The molecule has 1 atom stereocenters. The lowest BCUT2D eigenvalue weighted by molar-refractivity contribution is -0.145. The van der Waals surface area contributed by atoms with Gasteiger partial charge in [-0.25, -0.2) is 0 Å². The summed E-state index contributed by atoms with van der Waals surface area (Å²) in [5, 5.41) is 3.69. The summed E-state index contributed by atoms with van der Waals surface area (Å²) in [4.78, 5) is 0. The maximum atomic E-state index is 5.45. The van der Waals surface area contributed by atoms with Crippen molar-refractivity contribution in [3.05, 3.63) is 0 Å². The second-order valence-electron chi connectivity index (χ2n) is 5.46. The standard InChI is InChI=1S/C12H23NO/c1-10(2)7-12(8-14-9-12)11-5-3-4-6-13-11/h10-11,13H,3-9H2,1-2H3. The van der Waals surface area contributed by atoms with Crippen LogP contribution >= 0.6 is 0 Å². The molecule has 2 heteroatoms. The quantitative estimate of drug-likeness (QED) is 0.749. The minimum Gasteiger partial charge on any atom is -0.380 e. The Bertz CT molecular complexity index is 181. The summed E-state index contributed by atoms with van der Waals surface area (Å²) in [6, 6.07) is 0.729. The van der Waals surface area contributed by atoms with Crippen LogP contribution in [0.25, 0.3) is 0 Å². The average molecular weight is 197 g/mol. The molecule has 1 N–H and O–H groups in total. The predicted octanol–water partition coefficient (Wildman–Crippen LogP) is 2.19. The van der Waals surface area contributed by atoms with Gasteiger partial charge in [-0.2, -0.15) is 0 Å². The van der Waals surface area contributed by atoms with E-state index in [1.807, 2.05) is 0 Å². The van der Waals surface area contributed by atoms with Gasteiger partial charge in [0.1, 0.15) is 0 Å². The monoisotopic (exact) mass is 197 g/mol. The third kappa shape index (κ3) is 1.96. The Hall–Kier alpha value is -0.0800. The van der Waals surface area contributed by atoms with Gasteiger partial charge in [0.2, 0.25) is 0 Å². The Balaban J connectivity index is 1.95. The lowest BCUT2D eigenvalue weighted by atomic mass is 9.70. The fourth-order valence-electron chi connectivity index (χ4n) is 3.01. The van der Waals surface area contributed by atoms with Crippen molar-refractivity contribution in [1.29, 1.82) is 0 Å². The summed E-state index contributed by atoms with van der Waals surface area (Å²) in [7, 11) is 0. The molecule has 0 amide bonds. The zero-order chi connectivity index (χ0) is 10.0. The summed E-state index contributed by atoms with van der Waals surface area (Å²) in [6.07, 6.45) is 5.44. The second-order valence-corrected chi connectivity index (χ2v) is 5.46. The Kier molecular flexibility index (Phi) is 3.13. The fraction of sp³-hybridized carbons (Fsp3) is 1.00. The number of ether oxygens (including phenoxy) is 1. The first-order chi connectivity index (χ1) is 6.73. The fourth-order valence-corrected chi connectivity index (χ4v) is 3.01. The highest BCUT2D eigenvalue weighted by Gasteiger charge is 2.45. The van der Waals surface area contributed by atoms with Gasteiger partial charge in [0.25, 0.3) is 0 Å². The van der Waals surface area contributed by atoms with Crippen molar-refractivity contribution in [3.8, 4) is 0 Å². The Morgan fingerprint density at radius 1 is 1.36 bits per heavy atom. The van der Waals surface area contributed by atoms with Gasteiger partial charge in [-0.3, -0.25) is 0 Å². The van der Waals surface area contributed by atoms with Crippen LogP contribution in [0.4, 0.5) is 0 Å². The Morgan fingerprint density at radius 2 is 2.14 bits per heavy atom. The molecule has 2 nitrogen and oxygen atoms in total. The molecule has 2 saturated heterocycles. The van der Waals surface area contributed by atoms with Crippen molar-refractivity contribution in [2.24, 2.45) is 11.3 Å². The molecule has 0 spiro atoms. The smallest absolute Gasteiger partial charge is 0.0559 e. The van der Waals surface area contributed by atoms with E-state index in [1.54, 1.807) is 0 Å². The van der Waals surface area contributed by atoms with Crippen molar-refractivity contribution in [3.63, 3.8) is 0 Å². The van der Waals surface area contributed by atoms with E-state index in [0.29, 0.717) is 5.41 Å². The van der Waals surface area contributed by atoms with Crippen molar-refractivity contribution >= 4 is 0 Å². The number of piperidine rings is 1. The first-order valence-corrected chi connectivity index (χ1v) is 6.04. The molecule has 14 heavy (non-hydrogen) atoms.